The number of nitrogens with zero attached hydrogens (tertiary/aromatic N) is 4. The van der Waals surface area contributed by atoms with Crippen molar-refractivity contribution in [3.05, 3.63) is 53.7 Å². The Balaban J connectivity index is 1.45. The number of rotatable bonds is 4. The van der Waals surface area contributed by atoms with Crippen LogP contribution in [-0.2, 0) is 22.1 Å². The third-order valence-electron chi connectivity index (χ3n) is 6.74. The molecule has 2 aromatic carbocycles. The summed E-state index contributed by atoms with van der Waals surface area (Å²) in [4.78, 5) is 19.8. The Bertz CT molecular complexity index is 1240. The molecule has 0 aliphatic carbocycles. The Morgan fingerprint density at radius 3 is 2.76 bits per heavy atom. The maximum Gasteiger partial charge on any atom is 0.232 e. The second-order valence-electron chi connectivity index (χ2n) is 9.21. The van der Waals surface area contributed by atoms with Gasteiger partial charge < -0.3 is 15.8 Å². The molecule has 5 rings (SSSR count). The lowest BCUT2D eigenvalue weighted by molar-refractivity contribution is -0.132. The number of aryl methyl sites for hydroxylation is 1. The summed E-state index contributed by atoms with van der Waals surface area (Å²) in [6.07, 6.45) is 3.87. The fraction of sp³-hybridized carbons (Fsp3) is 0.400. The van der Waals surface area contributed by atoms with Crippen LogP contribution in [-0.4, -0.2) is 45.8 Å². The van der Waals surface area contributed by atoms with Gasteiger partial charge in [0.2, 0.25) is 5.91 Å². The monoisotopic (exact) mass is 446 g/mol. The molecule has 1 saturated heterocycles. The fourth-order valence-electron chi connectivity index (χ4n) is 5.08. The van der Waals surface area contributed by atoms with E-state index in [2.05, 4.69) is 23.4 Å². The van der Waals surface area contributed by atoms with Crippen LogP contribution in [0.2, 0.25) is 0 Å². The molecule has 0 spiro atoms. The predicted octanol–water partition coefficient (Wildman–Crippen LogP) is 3.57. The van der Waals surface area contributed by atoms with Crippen LogP contribution >= 0.6 is 0 Å². The van der Waals surface area contributed by atoms with Crippen LogP contribution in [0.15, 0.2) is 47.6 Å². The van der Waals surface area contributed by atoms with Crippen LogP contribution in [0, 0.1) is 6.92 Å². The second-order valence-corrected chi connectivity index (χ2v) is 9.21. The summed E-state index contributed by atoms with van der Waals surface area (Å²) in [7, 11) is 1.92. The third-order valence-corrected chi connectivity index (χ3v) is 6.74. The van der Waals surface area contributed by atoms with Gasteiger partial charge in [-0.1, -0.05) is 12.1 Å². The number of benzene rings is 2. The number of guanidine groups is 1. The Morgan fingerprint density at radius 2 is 2.00 bits per heavy atom. The highest BCUT2D eigenvalue weighted by Gasteiger charge is 2.41. The van der Waals surface area contributed by atoms with Crippen LogP contribution in [0.1, 0.15) is 37.3 Å². The highest BCUT2D eigenvalue weighted by atomic mass is 16.5. The van der Waals surface area contributed by atoms with Crippen molar-refractivity contribution in [2.75, 3.05) is 18.5 Å². The molecule has 1 amide bonds. The molecular formula is C25H30N6O2. The van der Waals surface area contributed by atoms with Gasteiger partial charge in [0.1, 0.15) is 0 Å². The molecule has 3 N–H and O–H groups in total. The Kier molecular flexibility index (Phi) is 5.32. The molecule has 2 aliphatic heterocycles. The van der Waals surface area contributed by atoms with E-state index < -0.39 is 5.54 Å². The number of ether oxygens (including phenoxy) is 1. The molecule has 8 nitrogen and oxygen atoms in total. The first kappa shape index (κ1) is 21.5. The molecule has 0 unspecified atom stereocenters. The molecule has 8 heteroatoms. The largest absolute Gasteiger partial charge is 0.381 e. The third kappa shape index (κ3) is 3.95. The average Bonchev–Trinajstić information content (AvgIpc) is 3.14. The topological polar surface area (TPSA) is 97.8 Å². The number of hydrogen-bond acceptors (Lipinski definition) is 6. The molecule has 0 radical (unpaired) electrons. The molecule has 172 valence electrons. The lowest BCUT2D eigenvalue weighted by atomic mass is 9.84. The molecular weight excluding hydrogens is 416 g/mol. The number of amides is 1. The van der Waals surface area contributed by atoms with Gasteiger partial charge in [-0.25, -0.2) is 4.99 Å². The smallest absolute Gasteiger partial charge is 0.232 e. The van der Waals surface area contributed by atoms with Crippen molar-refractivity contribution in [1.82, 2.24) is 14.7 Å². The van der Waals surface area contributed by atoms with Crippen molar-refractivity contribution in [3.8, 4) is 0 Å². The van der Waals surface area contributed by atoms with Gasteiger partial charge in [-0.3, -0.25) is 14.4 Å². The number of aromatic nitrogens is 2. The zero-order valence-corrected chi connectivity index (χ0v) is 19.3. The maximum atomic E-state index is 13.2. The fourth-order valence-corrected chi connectivity index (χ4v) is 5.08. The summed E-state index contributed by atoms with van der Waals surface area (Å²) >= 11 is 0. The zero-order valence-electron chi connectivity index (χ0n) is 19.3. The Morgan fingerprint density at radius 1 is 1.21 bits per heavy atom. The summed E-state index contributed by atoms with van der Waals surface area (Å²) < 4.78 is 7.26. The van der Waals surface area contributed by atoms with E-state index in [9.17, 15) is 4.79 Å². The molecule has 33 heavy (non-hydrogen) atoms. The van der Waals surface area contributed by atoms with Gasteiger partial charge in [-0.15, -0.1) is 0 Å². The highest BCUT2D eigenvalue weighted by Crippen LogP contribution is 2.39. The summed E-state index contributed by atoms with van der Waals surface area (Å²) in [5, 5.41) is 9.04. The van der Waals surface area contributed by atoms with Gasteiger partial charge >= 0.3 is 0 Å². The van der Waals surface area contributed by atoms with E-state index in [-0.39, 0.29) is 18.4 Å². The van der Waals surface area contributed by atoms with Gasteiger partial charge in [0.25, 0.3) is 0 Å². The van der Waals surface area contributed by atoms with Crippen LogP contribution < -0.4 is 11.1 Å². The minimum Gasteiger partial charge on any atom is -0.381 e. The highest BCUT2D eigenvalue weighted by molar-refractivity contribution is 5.99. The number of hydrogen-bond donors (Lipinski definition) is 2. The quantitative estimate of drug-likeness (QED) is 0.639. The standard InChI is InChI=1S/C25H30N6O2/c1-16-20(25(2)14-23(32)31(24(26)28-25)19-9-11-33-12-10-19)5-4-6-21(16)27-18-7-8-22-17(13-18)15-30(3)29-22/h4-8,13,15,19,27H,9-12,14H2,1-3H3,(H2,26,28)/t25-/m0/s1. The van der Waals surface area contributed by atoms with Crippen LogP contribution in [0.25, 0.3) is 10.9 Å². The van der Waals surface area contributed by atoms with Crippen molar-refractivity contribution in [1.29, 1.82) is 0 Å². The number of anilines is 2. The van der Waals surface area contributed by atoms with Crippen molar-refractivity contribution in [2.45, 2.75) is 44.7 Å². The van der Waals surface area contributed by atoms with Gasteiger partial charge in [0.05, 0.1) is 17.5 Å². The van der Waals surface area contributed by atoms with Crippen molar-refractivity contribution in [3.63, 3.8) is 0 Å². The van der Waals surface area contributed by atoms with Gasteiger partial charge in [-0.2, -0.15) is 5.10 Å². The SMILES string of the molecule is Cc1c(Nc2ccc3nn(C)cc3c2)cccc1[C@]1(C)CC(=O)N(C2CCOCC2)C(N)=N1. The first-order valence-electron chi connectivity index (χ1n) is 11.4. The molecule has 0 bridgehead atoms. The molecule has 1 atom stereocenters. The molecule has 3 heterocycles. The average molecular weight is 447 g/mol. The normalized spacial score (nSPS) is 22.0. The van der Waals surface area contributed by atoms with E-state index in [1.54, 1.807) is 4.90 Å². The van der Waals surface area contributed by atoms with Crippen molar-refractivity contribution in [2.24, 2.45) is 17.8 Å². The van der Waals surface area contributed by atoms with Gasteiger partial charge in [0.15, 0.2) is 5.96 Å². The van der Waals surface area contributed by atoms with E-state index in [0.29, 0.717) is 19.2 Å². The number of nitrogens with two attached hydrogens (primary N) is 1. The second kappa shape index (κ2) is 8.19. The number of aliphatic imine (C=N–C) groups is 1. The minimum absolute atomic E-state index is 0.0247. The van der Waals surface area contributed by atoms with Crippen molar-refractivity contribution < 1.29 is 9.53 Å². The lowest BCUT2D eigenvalue weighted by Gasteiger charge is -2.41. The van der Waals surface area contributed by atoms with Crippen LogP contribution in [0.4, 0.5) is 11.4 Å². The number of nitrogens with one attached hydrogen (secondary N) is 1. The maximum absolute atomic E-state index is 13.2. The van der Waals surface area contributed by atoms with Crippen LogP contribution in [0.5, 0.6) is 0 Å². The number of fused-ring (bicyclic) bond motifs is 1. The van der Waals surface area contributed by atoms with Gasteiger partial charge in [-0.05, 0) is 62.1 Å². The van der Waals surface area contributed by atoms with Crippen LogP contribution in [0.3, 0.4) is 0 Å². The van der Waals surface area contributed by atoms with E-state index in [1.165, 1.54) is 0 Å². The Hall–Kier alpha value is -3.39. The van der Waals surface area contributed by atoms with E-state index in [4.69, 9.17) is 15.5 Å². The first-order chi connectivity index (χ1) is 15.8. The van der Waals surface area contributed by atoms with E-state index >= 15 is 0 Å². The number of carbonyl (C=O) groups excluding carboxylic acids is 1. The van der Waals surface area contributed by atoms with Gasteiger partial charge in [0, 0.05) is 49.3 Å². The molecule has 0 saturated carbocycles. The predicted molar refractivity (Wildman–Crippen MR) is 129 cm³/mol. The summed E-state index contributed by atoms with van der Waals surface area (Å²) in [5.74, 6) is 0.331. The van der Waals surface area contributed by atoms with Crippen molar-refractivity contribution >= 4 is 34.1 Å². The summed E-state index contributed by atoms with van der Waals surface area (Å²) in [6, 6.07) is 12.3. The molecule has 1 fully saturated rings. The zero-order chi connectivity index (χ0) is 23.2. The number of carbonyl (C=O) groups is 1. The lowest BCUT2D eigenvalue weighted by Crippen LogP contribution is -2.55. The van der Waals surface area contributed by atoms with E-state index in [0.717, 1.165) is 46.2 Å². The summed E-state index contributed by atoms with van der Waals surface area (Å²) in [5.41, 5.74) is 10.6. The molecule has 3 aromatic rings. The molecule has 2 aliphatic rings. The Labute approximate surface area is 193 Å². The van der Waals surface area contributed by atoms with E-state index in [1.807, 2.05) is 55.2 Å². The minimum atomic E-state index is -0.710. The molecule has 1 aromatic heterocycles. The summed E-state index contributed by atoms with van der Waals surface area (Å²) in [6.45, 7) is 5.35. The first-order valence-corrected chi connectivity index (χ1v) is 11.4.